The Balaban J connectivity index is 1.65. The molecule has 38 heavy (non-hydrogen) atoms. The zero-order valence-electron chi connectivity index (χ0n) is 22.7. The zero-order chi connectivity index (χ0) is 26.7. The summed E-state index contributed by atoms with van der Waals surface area (Å²) in [7, 11) is 3.73. The quantitative estimate of drug-likeness (QED) is 0.428. The monoisotopic (exact) mass is 515 g/mol. The van der Waals surface area contributed by atoms with Gasteiger partial charge in [0.15, 0.2) is 0 Å². The van der Waals surface area contributed by atoms with E-state index in [-0.39, 0.29) is 0 Å². The van der Waals surface area contributed by atoms with Crippen LogP contribution < -0.4 is 14.8 Å². The lowest BCUT2D eigenvalue weighted by atomic mass is 10.1. The second kappa shape index (κ2) is 13.6. The van der Waals surface area contributed by atoms with Gasteiger partial charge in [0.05, 0.1) is 12.8 Å². The van der Waals surface area contributed by atoms with Gasteiger partial charge in [-0.25, -0.2) is 9.97 Å². The van der Waals surface area contributed by atoms with Crippen LogP contribution in [0.15, 0.2) is 66.7 Å². The molecule has 0 saturated heterocycles. The minimum absolute atomic E-state index is 0.364. The van der Waals surface area contributed by atoms with Crippen LogP contribution in [0, 0.1) is 0 Å². The van der Waals surface area contributed by atoms with Crippen molar-refractivity contribution in [2.45, 2.75) is 27.0 Å². The highest BCUT2D eigenvalue weighted by Crippen LogP contribution is 2.29. The number of anilines is 2. The largest absolute Gasteiger partial charge is 0.496 e. The normalized spacial score (nSPS) is 13.8. The molecule has 0 unspecified atom stereocenters. The Morgan fingerprint density at radius 1 is 1.08 bits per heavy atom. The second-order valence-corrected chi connectivity index (χ2v) is 9.11. The number of nitrogens with zero attached hydrogens (tertiary/aromatic N) is 4. The number of methoxy groups -OCH3 is 1. The van der Waals surface area contributed by atoms with E-state index in [9.17, 15) is 0 Å². The lowest BCUT2D eigenvalue weighted by molar-refractivity contribution is 0.219. The number of ether oxygens (including phenoxy) is 3. The molecule has 1 N–H and O–H groups in total. The van der Waals surface area contributed by atoms with Crippen LogP contribution in [0.2, 0.25) is 0 Å². The molecule has 0 aliphatic carbocycles. The number of hydrogen-bond donors (Lipinski definition) is 1. The van der Waals surface area contributed by atoms with Crippen LogP contribution in [0.5, 0.6) is 11.5 Å². The van der Waals surface area contributed by atoms with Crippen LogP contribution in [-0.2, 0) is 17.9 Å². The summed E-state index contributed by atoms with van der Waals surface area (Å²) in [6.07, 6.45) is 5.31. The number of rotatable bonds is 7. The molecule has 200 valence electrons. The van der Waals surface area contributed by atoms with E-state index in [1.165, 1.54) is 0 Å². The Morgan fingerprint density at radius 3 is 2.74 bits per heavy atom. The van der Waals surface area contributed by atoms with Crippen LogP contribution >= 0.6 is 0 Å². The summed E-state index contributed by atoms with van der Waals surface area (Å²) in [5, 5.41) is 3.37. The van der Waals surface area contributed by atoms with E-state index in [1.54, 1.807) is 19.6 Å². The Bertz CT molecular complexity index is 1270. The maximum atomic E-state index is 6.23. The molecular weight excluding hydrogens is 478 g/mol. The average Bonchev–Trinajstić information content (AvgIpc) is 2.93. The third kappa shape index (κ3) is 7.35. The number of benzene rings is 2. The van der Waals surface area contributed by atoms with Crippen molar-refractivity contribution in [3.05, 3.63) is 77.9 Å². The summed E-state index contributed by atoms with van der Waals surface area (Å²) in [6, 6.07) is 14.0. The van der Waals surface area contributed by atoms with E-state index in [0.29, 0.717) is 32.3 Å². The molecule has 0 spiro atoms. The number of likely N-dealkylation sites (N-methyl/N-ethyl adjacent to an activating group) is 2. The molecule has 1 aliphatic rings. The van der Waals surface area contributed by atoms with Crippen molar-refractivity contribution in [1.29, 1.82) is 0 Å². The maximum absolute atomic E-state index is 6.23. The molecule has 2 heterocycles. The molecule has 3 aromatic rings. The smallest absolute Gasteiger partial charge is 0.227 e. The van der Waals surface area contributed by atoms with Crippen molar-refractivity contribution >= 4 is 11.6 Å². The van der Waals surface area contributed by atoms with Crippen molar-refractivity contribution in [2.24, 2.45) is 0 Å². The molecule has 0 saturated carbocycles. The van der Waals surface area contributed by atoms with Gasteiger partial charge < -0.3 is 24.4 Å². The van der Waals surface area contributed by atoms with E-state index < -0.39 is 0 Å². The Kier molecular flexibility index (Phi) is 9.76. The summed E-state index contributed by atoms with van der Waals surface area (Å²) in [6.45, 7) is 9.68. The van der Waals surface area contributed by atoms with E-state index in [4.69, 9.17) is 19.2 Å². The van der Waals surface area contributed by atoms with Gasteiger partial charge in [-0.2, -0.15) is 0 Å². The molecule has 0 amide bonds. The molecule has 2 aromatic carbocycles. The molecule has 0 fully saturated rings. The molecule has 8 heteroatoms. The fourth-order valence-electron chi connectivity index (χ4n) is 4.30. The first-order chi connectivity index (χ1) is 18.6. The van der Waals surface area contributed by atoms with E-state index in [1.807, 2.05) is 42.5 Å². The topological polar surface area (TPSA) is 72.0 Å². The zero-order valence-corrected chi connectivity index (χ0v) is 22.7. The highest BCUT2D eigenvalue weighted by atomic mass is 16.5. The highest BCUT2D eigenvalue weighted by Gasteiger charge is 2.12. The predicted molar refractivity (Wildman–Crippen MR) is 151 cm³/mol. The Labute approximate surface area is 225 Å². The predicted octanol–water partition coefficient (Wildman–Crippen LogP) is 5.25. The molecule has 1 aliphatic heterocycles. The van der Waals surface area contributed by atoms with Gasteiger partial charge >= 0.3 is 0 Å². The summed E-state index contributed by atoms with van der Waals surface area (Å²) >= 11 is 0. The summed E-state index contributed by atoms with van der Waals surface area (Å²) in [5.41, 5.74) is 7.80. The first-order valence-corrected chi connectivity index (χ1v) is 13.0. The summed E-state index contributed by atoms with van der Waals surface area (Å²) in [5.74, 6) is 2.17. The fourth-order valence-corrected chi connectivity index (χ4v) is 4.30. The maximum Gasteiger partial charge on any atom is 0.227 e. The summed E-state index contributed by atoms with van der Waals surface area (Å²) in [4.78, 5) is 13.8. The van der Waals surface area contributed by atoms with Gasteiger partial charge in [-0.3, -0.25) is 4.90 Å². The van der Waals surface area contributed by atoms with Crippen molar-refractivity contribution in [1.82, 2.24) is 19.8 Å². The molecule has 1 aromatic heterocycles. The third-order valence-corrected chi connectivity index (χ3v) is 6.46. The number of hydrogen-bond acceptors (Lipinski definition) is 8. The standard InChI is InChI=1S/C30H37N5O3/c1-5-35(6-2)16-18-38-29-12-10-26-20-24(29)21-34(3)15-7-8-17-37-22-25-19-23(9-11-28(25)36-4)27-13-14-31-30(32-26)33-27/h7,9-14,17,19-20H,5-6,15-16,18,21-22H2,1-4H3,(H,31,32,33). The van der Waals surface area contributed by atoms with Gasteiger partial charge in [0, 0.05) is 48.2 Å². The average molecular weight is 516 g/mol. The third-order valence-electron chi connectivity index (χ3n) is 6.46. The van der Waals surface area contributed by atoms with Crippen molar-refractivity contribution < 1.29 is 14.2 Å². The fraction of sp³-hybridized carbons (Fsp3) is 0.367. The lowest BCUT2D eigenvalue weighted by Gasteiger charge is -2.21. The van der Waals surface area contributed by atoms with E-state index in [2.05, 4.69) is 52.8 Å². The van der Waals surface area contributed by atoms with Gasteiger partial charge in [0.25, 0.3) is 0 Å². The molecule has 0 radical (unpaired) electrons. The van der Waals surface area contributed by atoms with Crippen molar-refractivity contribution in [3.8, 4) is 22.8 Å². The van der Waals surface area contributed by atoms with Gasteiger partial charge in [-0.15, -0.1) is 0 Å². The Hall–Kier alpha value is -3.84. The number of fused-ring (bicyclic) bond motifs is 7. The lowest BCUT2D eigenvalue weighted by Crippen LogP contribution is -2.28. The van der Waals surface area contributed by atoms with E-state index >= 15 is 0 Å². The Morgan fingerprint density at radius 2 is 1.92 bits per heavy atom. The minimum Gasteiger partial charge on any atom is -0.496 e. The van der Waals surface area contributed by atoms with Crippen LogP contribution in [0.4, 0.5) is 11.6 Å². The van der Waals surface area contributed by atoms with Crippen molar-refractivity contribution in [2.75, 3.05) is 52.3 Å². The minimum atomic E-state index is 0.364. The summed E-state index contributed by atoms with van der Waals surface area (Å²) < 4.78 is 17.5. The first kappa shape index (κ1) is 27.2. The van der Waals surface area contributed by atoms with Crippen LogP contribution in [0.1, 0.15) is 25.0 Å². The van der Waals surface area contributed by atoms with Gasteiger partial charge in [-0.1, -0.05) is 19.6 Å². The first-order valence-electron chi connectivity index (χ1n) is 13.0. The van der Waals surface area contributed by atoms with Gasteiger partial charge in [0.2, 0.25) is 5.95 Å². The van der Waals surface area contributed by atoms with Crippen LogP contribution in [-0.4, -0.2) is 66.7 Å². The SMILES string of the molecule is CCN(CC)CCOc1ccc2cc1CN(C)CC=C=COCc1cc(ccc1OC)-c1ccnc(n1)N2. The molecule has 0 atom stereocenters. The molecular formula is C30H37N5O3. The van der Waals surface area contributed by atoms with Crippen LogP contribution in [0.3, 0.4) is 0 Å². The van der Waals surface area contributed by atoms with Crippen molar-refractivity contribution in [3.63, 3.8) is 0 Å². The van der Waals surface area contributed by atoms with Gasteiger partial charge in [0.1, 0.15) is 31.0 Å². The second-order valence-electron chi connectivity index (χ2n) is 9.11. The van der Waals surface area contributed by atoms with Gasteiger partial charge in [-0.05, 0) is 68.7 Å². The van der Waals surface area contributed by atoms with Crippen LogP contribution in [0.25, 0.3) is 11.3 Å². The molecule has 8 nitrogen and oxygen atoms in total. The molecule has 6 bridgehead atoms. The number of aromatic nitrogens is 2. The van der Waals surface area contributed by atoms with E-state index in [0.717, 1.165) is 59.2 Å². The molecule has 4 rings (SSSR count). The number of nitrogens with one attached hydrogen (secondary N) is 1. The highest BCUT2D eigenvalue weighted by molar-refractivity contribution is 5.64.